The van der Waals surface area contributed by atoms with Crippen molar-refractivity contribution in [3.05, 3.63) is 89.5 Å². The molecule has 0 saturated carbocycles. The van der Waals surface area contributed by atoms with Crippen LogP contribution in [0.15, 0.2) is 89.6 Å². The minimum atomic E-state index is -0.439. The second kappa shape index (κ2) is 11.2. The Hall–Kier alpha value is -4.33. The molecule has 0 amide bonds. The lowest BCUT2D eigenvalue weighted by Crippen LogP contribution is -2.02. The maximum Gasteiger partial charge on any atom is 0.330 e. The van der Waals surface area contributed by atoms with Gasteiger partial charge in [-0.25, -0.2) is 4.79 Å². The predicted octanol–water partition coefficient (Wildman–Crippen LogP) is 7.41. The second-order valence-corrected chi connectivity index (χ2v) is 8.13. The average molecular weight is 471 g/mol. The monoisotopic (exact) mass is 470 g/mol. The molecule has 0 atom stereocenters. The summed E-state index contributed by atoms with van der Waals surface area (Å²) in [6, 6.07) is 20.3. The zero-order valence-corrected chi connectivity index (χ0v) is 19.3. The molecule has 1 aromatic heterocycles. The summed E-state index contributed by atoms with van der Waals surface area (Å²) < 4.78 is 7.36. The predicted molar refractivity (Wildman–Crippen MR) is 136 cm³/mol. The van der Waals surface area contributed by atoms with Gasteiger partial charge < -0.3 is 9.30 Å². The maximum atomic E-state index is 11.1. The summed E-state index contributed by atoms with van der Waals surface area (Å²) in [5.41, 5.74) is 3.60. The zero-order valence-electron chi connectivity index (χ0n) is 19.3. The summed E-state index contributed by atoms with van der Waals surface area (Å²) in [5.74, 6) is -0.373. The number of hydrogen-bond donors (Lipinski definition) is 0. The van der Waals surface area contributed by atoms with Crippen LogP contribution in [0.3, 0.4) is 0 Å². The minimum absolute atomic E-state index is 0.0225. The number of nitro benzene ring substituents is 1. The molecule has 4 rings (SSSR count). The molecule has 0 aliphatic carbocycles. The number of non-ortho nitro benzene ring substituents is 1. The summed E-state index contributed by atoms with van der Waals surface area (Å²) in [5, 5.41) is 21.7. The number of nitrogens with zero attached hydrogens (tertiary/aromatic N) is 4. The van der Waals surface area contributed by atoms with Crippen LogP contribution in [0, 0.1) is 10.1 Å². The topological polar surface area (TPSA) is 99.1 Å². The smallest absolute Gasteiger partial charge is 0.330 e. The fraction of sp³-hybridized carbons (Fsp3) is 0.222. The number of hydrogen-bond acceptors (Lipinski definition) is 6. The van der Waals surface area contributed by atoms with Crippen LogP contribution in [-0.4, -0.2) is 22.1 Å². The molecule has 0 radical (unpaired) electrons. The largest absolute Gasteiger partial charge is 0.463 e. The lowest BCUT2D eigenvalue weighted by Gasteiger charge is -2.08. The van der Waals surface area contributed by atoms with E-state index >= 15 is 0 Å². The third-order valence-corrected chi connectivity index (χ3v) is 5.78. The van der Waals surface area contributed by atoms with Crippen LogP contribution in [0.4, 0.5) is 17.1 Å². The van der Waals surface area contributed by atoms with Crippen LogP contribution in [0.1, 0.15) is 25.7 Å². The third kappa shape index (κ3) is 5.78. The zero-order chi connectivity index (χ0) is 24.6. The van der Waals surface area contributed by atoms with Crippen LogP contribution < -0.4 is 0 Å². The van der Waals surface area contributed by atoms with Crippen molar-refractivity contribution in [3.8, 4) is 0 Å². The summed E-state index contributed by atoms with van der Waals surface area (Å²) >= 11 is 0. The van der Waals surface area contributed by atoms with E-state index in [-0.39, 0.29) is 11.7 Å². The van der Waals surface area contributed by atoms with Gasteiger partial charge in [-0.15, -0.1) is 0 Å². The number of ether oxygens (including phenoxy) is 1. The van der Waals surface area contributed by atoms with E-state index in [1.807, 2.05) is 24.3 Å². The van der Waals surface area contributed by atoms with Crippen molar-refractivity contribution in [2.24, 2.45) is 10.2 Å². The molecule has 0 fully saturated rings. The first-order valence-electron chi connectivity index (χ1n) is 11.5. The summed E-state index contributed by atoms with van der Waals surface area (Å²) in [4.78, 5) is 21.5. The van der Waals surface area contributed by atoms with Crippen molar-refractivity contribution in [3.63, 3.8) is 0 Å². The van der Waals surface area contributed by atoms with E-state index < -0.39 is 4.92 Å². The first kappa shape index (κ1) is 23.8. The highest BCUT2D eigenvalue weighted by Crippen LogP contribution is 2.33. The molecule has 0 spiro atoms. The second-order valence-electron chi connectivity index (χ2n) is 8.13. The number of fused-ring (bicyclic) bond motifs is 3. The minimum Gasteiger partial charge on any atom is -0.463 e. The number of rotatable bonds is 11. The fourth-order valence-corrected chi connectivity index (χ4v) is 4.06. The Balaban J connectivity index is 1.47. The van der Waals surface area contributed by atoms with Crippen LogP contribution in [-0.2, 0) is 16.1 Å². The quantitative estimate of drug-likeness (QED) is 0.0569. The Bertz CT molecular complexity index is 1390. The molecule has 4 aromatic rings. The molecule has 178 valence electrons. The Morgan fingerprint density at radius 1 is 0.914 bits per heavy atom. The molecule has 3 aromatic carbocycles. The van der Waals surface area contributed by atoms with Gasteiger partial charge in [0.05, 0.1) is 22.9 Å². The van der Waals surface area contributed by atoms with Gasteiger partial charge in [-0.3, -0.25) is 10.1 Å². The number of aryl methyl sites for hydroxylation is 1. The molecular formula is C27H26N4O4. The molecule has 0 saturated heterocycles. The number of aromatic nitrogens is 1. The number of nitro groups is 1. The number of azo groups is 1. The number of esters is 1. The van der Waals surface area contributed by atoms with Gasteiger partial charge in [0.25, 0.3) is 5.69 Å². The molecule has 0 bridgehead atoms. The first-order chi connectivity index (χ1) is 17.1. The van der Waals surface area contributed by atoms with Crippen molar-refractivity contribution < 1.29 is 14.5 Å². The van der Waals surface area contributed by atoms with Gasteiger partial charge >= 0.3 is 5.97 Å². The molecule has 8 heteroatoms. The van der Waals surface area contributed by atoms with Crippen molar-refractivity contribution in [1.29, 1.82) is 0 Å². The van der Waals surface area contributed by atoms with Gasteiger partial charge in [-0.2, -0.15) is 10.2 Å². The number of benzene rings is 3. The van der Waals surface area contributed by atoms with Crippen LogP contribution in [0.2, 0.25) is 0 Å². The molecule has 1 heterocycles. The van der Waals surface area contributed by atoms with Crippen molar-refractivity contribution in [2.75, 3.05) is 6.61 Å². The Morgan fingerprint density at radius 3 is 2.37 bits per heavy atom. The highest BCUT2D eigenvalue weighted by molar-refractivity contribution is 6.08. The van der Waals surface area contributed by atoms with Crippen LogP contribution in [0.25, 0.3) is 21.8 Å². The normalized spacial score (nSPS) is 11.3. The summed E-state index contributed by atoms with van der Waals surface area (Å²) in [7, 11) is 0. The van der Waals surface area contributed by atoms with Crippen molar-refractivity contribution in [2.45, 2.75) is 32.2 Å². The molecule has 35 heavy (non-hydrogen) atoms. The van der Waals surface area contributed by atoms with Gasteiger partial charge in [0.2, 0.25) is 0 Å². The van der Waals surface area contributed by atoms with E-state index in [0.29, 0.717) is 18.0 Å². The van der Waals surface area contributed by atoms with Gasteiger partial charge in [0, 0.05) is 46.6 Å². The van der Waals surface area contributed by atoms with Crippen LogP contribution in [0.5, 0.6) is 0 Å². The SMILES string of the molecule is C=CC(=O)OCCCCCCn1c2ccccc2c2cc(N=Nc3ccc([N+](=O)[O-])cc3)ccc21. The summed E-state index contributed by atoms with van der Waals surface area (Å²) in [6.45, 7) is 4.71. The highest BCUT2D eigenvalue weighted by Gasteiger charge is 2.11. The van der Waals surface area contributed by atoms with E-state index in [1.54, 1.807) is 12.1 Å². The molecule has 0 unspecified atom stereocenters. The van der Waals surface area contributed by atoms with E-state index in [4.69, 9.17) is 4.74 Å². The summed E-state index contributed by atoms with van der Waals surface area (Å²) in [6.07, 6.45) is 5.08. The number of unbranched alkanes of at least 4 members (excludes halogenated alkanes) is 3. The standard InChI is InChI=1S/C27H26N4O4/c1-2-27(32)35-18-8-4-3-7-17-30-25-10-6-5-9-23(25)24-19-21(13-16-26(24)30)29-28-20-11-14-22(15-12-20)31(33)34/h2,5-6,9-16,19H,1,3-4,7-8,17-18H2. The van der Waals surface area contributed by atoms with E-state index in [2.05, 4.69) is 39.6 Å². The van der Waals surface area contributed by atoms with Crippen LogP contribution >= 0.6 is 0 Å². The fourth-order valence-electron chi connectivity index (χ4n) is 4.06. The van der Waals surface area contributed by atoms with Gasteiger partial charge in [-0.05, 0) is 55.7 Å². The molecule has 8 nitrogen and oxygen atoms in total. The molecule has 0 aliphatic rings. The molecule has 0 N–H and O–H groups in total. The first-order valence-corrected chi connectivity index (χ1v) is 11.5. The van der Waals surface area contributed by atoms with Crippen molar-refractivity contribution in [1.82, 2.24) is 4.57 Å². The van der Waals surface area contributed by atoms with Gasteiger partial charge in [0.15, 0.2) is 0 Å². The lowest BCUT2D eigenvalue weighted by molar-refractivity contribution is -0.384. The highest BCUT2D eigenvalue weighted by atomic mass is 16.6. The molecule has 0 aliphatic heterocycles. The lowest BCUT2D eigenvalue weighted by atomic mass is 10.1. The number of carbonyl (C=O) groups excluding carboxylic acids is 1. The van der Waals surface area contributed by atoms with Gasteiger partial charge in [0.1, 0.15) is 0 Å². The Kier molecular flexibility index (Phi) is 7.62. The number of para-hydroxylation sites is 1. The average Bonchev–Trinajstić information content (AvgIpc) is 3.20. The third-order valence-electron chi connectivity index (χ3n) is 5.78. The Morgan fingerprint density at radius 2 is 1.60 bits per heavy atom. The Labute approximate surface area is 202 Å². The van der Waals surface area contributed by atoms with E-state index in [9.17, 15) is 14.9 Å². The molecular weight excluding hydrogens is 444 g/mol. The van der Waals surface area contributed by atoms with E-state index in [1.165, 1.54) is 23.7 Å². The maximum absolute atomic E-state index is 11.1. The number of carbonyl (C=O) groups is 1. The van der Waals surface area contributed by atoms with E-state index in [0.717, 1.165) is 48.5 Å². The van der Waals surface area contributed by atoms with Gasteiger partial charge in [-0.1, -0.05) is 31.2 Å². The van der Waals surface area contributed by atoms with Crippen molar-refractivity contribution >= 4 is 44.8 Å².